The molecule has 30 heavy (non-hydrogen) atoms. The van der Waals surface area contributed by atoms with Crippen molar-refractivity contribution in [2.45, 2.75) is 64.7 Å². The minimum absolute atomic E-state index is 0.0797. The molecule has 0 saturated heterocycles. The van der Waals surface area contributed by atoms with Crippen LogP contribution in [0.2, 0.25) is 0 Å². The van der Waals surface area contributed by atoms with Gasteiger partial charge in [-0.15, -0.1) is 10.2 Å². The highest BCUT2D eigenvalue weighted by molar-refractivity contribution is 7.99. The van der Waals surface area contributed by atoms with Crippen LogP contribution in [0.3, 0.4) is 0 Å². The summed E-state index contributed by atoms with van der Waals surface area (Å²) in [7, 11) is 1.66. The van der Waals surface area contributed by atoms with Crippen molar-refractivity contribution in [3.8, 4) is 17.1 Å². The summed E-state index contributed by atoms with van der Waals surface area (Å²) in [5.74, 6) is 3.70. The van der Waals surface area contributed by atoms with Gasteiger partial charge in [0.25, 0.3) is 0 Å². The van der Waals surface area contributed by atoms with E-state index in [0.29, 0.717) is 23.5 Å². The van der Waals surface area contributed by atoms with Crippen molar-refractivity contribution in [3.05, 3.63) is 24.3 Å². The van der Waals surface area contributed by atoms with Crippen LogP contribution in [0.25, 0.3) is 11.4 Å². The summed E-state index contributed by atoms with van der Waals surface area (Å²) in [6, 6.07) is 8.12. The fourth-order valence-electron chi connectivity index (χ4n) is 4.04. The molecule has 6 nitrogen and oxygen atoms in total. The normalized spacial score (nSPS) is 21.6. The molecule has 1 saturated carbocycles. The molecule has 7 heteroatoms. The lowest BCUT2D eigenvalue weighted by molar-refractivity contribution is -0.120. The predicted octanol–water partition coefficient (Wildman–Crippen LogP) is 4.64. The van der Waals surface area contributed by atoms with Crippen molar-refractivity contribution in [2.24, 2.45) is 17.8 Å². The zero-order valence-corrected chi connectivity index (χ0v) is 19.5. The molecule has 1 aromatic carbocycles. The molecule has 1 N–H and O–H groups in total. The van der Waals surface area contributed by atoms with Gasteiger partial charge in [0, 0.05) is 18.2 Å². The molecule has 1 heterocycles. The van der Waals surface area contributed by atoms with Crippen molar-refractivity contribution in [1.29, 1.82) is 0 Å². The molecule has 0 unspecified atom stereocenters. The van der Waals surface area contributed by atoms with Crippen LogP contribution in [-0.2, 0) is 11.3 Å². The van der Waals surface area contributed by atoms with E-state index in [1.807, 2.05) is 24.3 Å². The summed E-state index contributed by atoms with van der Waals surface area (Å²) >= 11 is 1.46. The van der Waals surface area contributed by atoms with Crippen LogP contribution in [0, 0.1) is 17.8 Å². The van der Waals surface area contributed by atoms with Crippen molar-refractivity contribution in [3.63, 3.8) is 0 Å². The van der Waals surface area contributed by atoms with Crippen molar-refractivity contribution in [2.75, 3.05) is 12.9 Å². The highest BCUT2D eigenvalue weighted by atomic mass is 32.2. The van der Waals surface area contributed by atoms with Gasteiger partial charge in [-0.1, -0.05) is 52.3 Å². The molecule has 1 amide bonds. The van der Waals surface area contributed by atoms with E-state index in [0.717, 1.165) is 35.3 Å². The molecule has 2 aromatic rings. The van der Waals surface area contributed by atoms with E-state index < -0.39 is 0 Å². The first kappa shape index (κ1) is 22.7. The molecule has 0 bridgehead atoms. The third kappa shape index (κ3) is 5.56. The maximum atomic E-state index is 12.6. The Morgan fingerprint density at radius 3 is 2.63 bits per heavy atom. The standard InChI is InChI=1S/C23H34N4O2S/c1-15(2)13-27-22(18-9-11-19(29-5)12-10-18)25-26-23(27)30-14-21(28)24-20-8-6-7-16(3)17(20)4/h9-12,15-17,20H,6-8,13-14H2,1-5H3,(H,24,28)/t16-,17-,20-/m1/s1. The molecular formula is C23H34N4O2S. The Bertz CT molecular complexity index is 834. The van der Waals surface area contributed by atoms with Gasteiger partial charge in [0.1, 0.15) is 5.75 Å². The lowest BCUT2D eigenvalue weighted by atomic mass is 9.78. The molecule has 0 aliphatic heterocycles. The average molecular weight is 431 g/mol. The number of nitrogens with one attached hydrogen (secondary N) is 1. The number of carbonyl (C=O) groups excluding carboxylic acids is 1. The van der Waals surface area contributed by atoms with Gasteiger partial charge in [-0.05, 0) is 48.4 Å². The van der Waals surface area contributed by atoms with E-state index in [2.05, 4.69) is 47.8 Å². The van der Waals surface area contributed by atoms with E-state index in [1.165, 1.54) is 24.6 Å². The smallest absolute Gasteiger partial charge is 0.230 e. The Morgan fingerprint density at radius 1 is 1.23 bits per heavy atom. The van der Waals surface area contributed by atoms with Gasteiger partial charge in [-0.2, -0.15) is 0 Å². The van der Waals surface area contributed by atoms with Crippen LogP contribution in [0.5, 0.6) is 5.75 Å². The Morgan fingerprint density at radius 2 is 1.97 bits per heavy atom. The van der Waals surface area contributed by atoms with Gasteiger partial charge in [0.05, 0.1) is 12.9 Å². The van der Waals surface area contributed by atoms with Gasteiger partial charge < -0.3 is 14.6 Å². The molecule has 1 fully saturated rings. The zero-order valence-electron chi connectivity index (χ0n) is 18.7. The second-order valence-electron chi connectivity index (χ2n) is 8.77. The maximum Gasteiger partial charge on any atom is 0.230 e. The van der Waals surface area contributed by atoms with Crippen LogP contribution >= 0.6 is 11.8 Å². The van der Waals surface area contributed by atoms with E-state index >= 15 is 0 Å². The number of rotatable bonds is 8. The number of hydrogen-bond acceptors (Lipinski definition) is 5. The van der Waals surface area contributed by atoms with Gasteiger partial charge >= 0.3 is 0 Å². The first-order chi connectivity index (χ1) is 14.4. The molecule has 164 valence electrons. The monoisotopic (exact) mass is 430 g/mol. The number of methoxy groups -OCH3 is 1. The summed E-state index contributed by atoms with van der Waals surface area (Å²) in [6.07, 6.45) is 3.53. The van der Waals surface area contributed by atoms with Crippen LogP contribution in [0.1, 0.15) is 47.0 Å². The number of benzene rings is 1. The van der Waals surface area contributed by atoms with Crippen LogP contribution in [-0.4, -0.2) is 39.6 Å². The lowest BCUT2D eigenvalue weighted by Gasteiger charge is -2.34. The Hall–Kier alpha value is -2.02. The fourth-order valence-corrected chi connectivity index (χ4v) is 4.80. The Balaban J connectivity index is 1.69. The van der Waals surface area contributed by atoms with Crippen LogP contribution < -0.4 is 10.1 Å². The third-order valence-corrected chi connectivity index (χ3v) is 6.97. The second kappa shape index (κ2) is 10.3. The van der Waals surface area contributed by atoms with Gasteiger partial charge in [-0.3, -0.25) is 4.79 Å². The third-order valence-electron chi connectivity index (χ3n) is 6.00. The highest BCUT2D eigenvalue weighted by Crippen LogP contribution is 2.30. The average Bonchev–Trinajstić information content (AvgIpc) is 3.11. The van der Waals surface area contributed by atoms with E-state index in [9.17, 15) is 4.79 Å². The summed E-state index contributed by atoms with van der Waals surface area (Å²) in [6.45, 7) is 9.68. The fraction of sp³-hybridized carbons (Fsp3) is 0.609. The number of hydrogen-bond donors (Lipinski definition) is 1. The van der Waals surface area contributed by atoms with E-state index in [-0.39, 0.29) is 11.9 Å². The minimum atomic E-state index is 0.0797. The van der Waals surface area contributed by atoms with E-state index in [4.69, 9.17) is 4.74 Å². The highest BCUT2D eigenvalue weighted by Gasteiger charge is 2.28. The first-order valence-corrected chi connectivity index (χ1v) is 11.9. The molecule has 3 atom stereocenters. The minimum Gasteiger partial charge on any atom is -0.497 e. The number of amides is 1. The van der Waals surface area contributed by atoms with Crippen molar-refractivity contribution >= 4 is 17.7 Å². The Labute approximate surface area is 184 Å². The summed E-state index contributed by atoms with van der Waals surface area (Å²) < 4.78 is 7.38. The summed E-state index contributed by atoms with van der Waals surface area (Å²) in [4.78, 5) is 12.6. The number of nitrogens with zero attached hydrogens (tertiary/aromatic N) is 3. The number of ether oxygens (including phenoxy) is 1. The molecule has 1 aromatic heterocycles. The largest absolute Gasteiger partial charge is 0.497 e. The van der Waals surface area contributed by atoms with Crippen LogP contribution in [0.4, 0.5) is 0 Å². The quantitative estimate of drug-likeness (QED) is 0.618. The Kier molecular flexibility index (Phi) is 7.81. The van der Waals surface area contributed by atoms with Gasteiger partial charge in [-0.25, -0.2) is 0 Å². The maximum absolute atomic E-state index is 12.6. The number of aromatic nitrogens is 3. The zero-order chi connectivity index (χ0) is 21.7. The molecule has 3 rings (SSSR count). The molecule has 0 radical (unpaired) electrons. The first-order valence-electron chi connectivity index (χ1n) is 10.9. The molecule has 1 aliphatic rings. The van der Waals surface area contributed by atoms with Gasteiger partial charge in [0.2, 0.25) is 5.91 Å². The van der Waals surface area contributed by atoms with Crippen molar-refractivity contribution in [1.82, 2.24) is 20.1 Å². The molecular weight excluding hydrogens is 396 g/mol. The van der Waals surface area contributed by atoms with E-state index in [1.54, 1.807) is 7.11 Å². The lowest BCUT2D eigenvalue weighted by Crippen LogP contribution is -2.44. The summed E-state index contributed by atoms with van der Waals surface area (Å²) in [5, 5.41) is 12.9. The summed E-state index contributed by atoms with van der Waals surface area (Å²) in [5.41, 5.74) is 0.991. The second-order valence-corrected chi connectivity index (χ2v) is 9.71. The van der Waals surface area contributed by atoms with Crippen molar-refractivity contribution < 1.29 is 9.53 Å². The number of carbonyl (C=O) groups is 1. The molecule has 0 spiro atoms. The number of thioether (sulfide) groups is 1. The SMILES string of the molecule is COc1ccc(-c2nnc(SCC(=O)N[C@@H]3CCC[C@@H](C)[C@H]3C)n2CC(C)C)cc1. The predicted molar refractivity (Wildman–Crippen MR) is 122 cm³/mol. The topological polar surface area (TPSA) is 69.0 Å². The van der Waals surface area contributed by atoms with Gasteiger partial charge in [0.15, 0.2) is 11.0 Å². The molecule has 1 aliphatic carbocycles. The van der Waals surface area contributed by atoms with Crippen LogP contribution in [0.15, 0.2) is 29.4 Å².